The van der Waals surface area contributed by atoms with E-state index in [4.69, 9.17) is 0 Å². The van der Waals surface area contributed by atoms with Crippen LogP contribution in [0.3, 0.4) is 0 Å². The van der Waals surface area contributed by atoms with Gasteiger partial charge >= 0.3 is 6.03 Å². The summed E-state index contributed by atoms with van der Waals surface area (Å²) in [6.45, 7) is 6.60. The minimum atomic E-state index is -0.298. The van der Waals surface area contributed by atoms with Crippen molar-refractivity contribution in [3.05, 3.63) is 66.5 Å². The number of hydrogen-bond acceptors (Lipinski definition) is 2. The third-order valence-corrected chi connectivity index (χ3v) is 4.92. The minimum absolute atomic E-state index is 0.0323. The van der Waals surface area contributed by atoms with Crippen molar-refractivity contribution in [2.75, 3.05) is 18.4 Å². The molecule has 1 aromatic carbocycles. The smallest absolute Gasteiger partial charge is 0.322 e. The molecule has 0 radical (unpaired) electrons. The van der Waals surface area contributed by atoms with Gasteiger partial charge in [-0.15, -0.1) is 6.58 Å². The average molecular weight is 380 g/mol. The molecular weight excluding hydrogens is 352 g/mol. The molecule has 1 aromatic heterocycles. The number of amides is 3. The van der Waals surface area contributed by atoms with Crippen molar-refractivity contribution in [3.63, 3.8) is 0 Å². The first-order chi connectivity index (χ1) is 13.5. The van der Waals surface area contributed by atoms with E-state index in [0.29, 0.717) is 13.1 Å². The van der Waals surface area contributed by atoms with E-state index in [0.717, 1.165) is 29.8 Å². The van der Waals surface area contributed by atoms with Crippen molar-refractivity contribution in [1.29, 1.82) is 0 Å². The molecule has 0 atom stereocenters. The molecule has 1 aliphatic rings. The number of hydrogen-bond donors (Lipinski definition) is 1. The second-order valence-corrected chi connectivity index (χ2v) is 7.33. The van der Waals surface area contributed by atoms with E-state index >= 15 is 0 Å². The molecule has 28 heavy (non-hydrogen) atoms. The first-order valence-corrected chi connectivity index (χ1v) is 9.61. The molecule has 0 bridgehead atoms. The topological polar surface area (TPSA) is 57.6 Å². The molecule has 0 spiro atoms. The van der Waals surface area contributed by atoms with E-state index in [1.807, 2.05) is 66.0 Å². The molecule has 2 aromatic rings. The molecule has 3 rings (SSSR count). The van der Waals surface area contributed by atoms with Crippen molar-refractivity contribution in [2.45, 2.75) is 32.4 Å². The molecule has 1 N–H and O–H groups in total. The van der Waals surface area contributed by atoms with Gasteiger partial charge in [0.15, 0.2) is 0 Å². The highest BCUT2D eigenvalue weighted by atomic mass is 16.2. The summed E-state index contributed by atoms with van der Waals surface area (Å²) in [6.07, 6.45) is 5.66. The summed E-state index contributed by atoms with van der Waals surface area (Å²) in [4.78, 5) is 29.1. The third-order valence-electron chi connectivity index (χ3n) is 4.92. The van der Waals surface area contributed by atoms with Crippen molar-refractivity contribution < 1.29 is 9.59 Å². The average Bonchev–Trinajstić information content (AvgIpc) is 3.41. The Bertz CT molecular complexity index is 854. The van der Waals surface area contributed by atoms with Gasteiger partial charge in [-0.05, 0) is 49.6 Å². The SMILES string of the molecule is C=CCN(CC(=O)N(Cc1cccn1C)C1CC1)C(=O)Nc1cccc(C)c1. The lowest BCUT2D eigenvalue weighted by Crippen LogP contribution is -2.45. The van der Waals surface area contributed by atoms with Gasteiger partial charge < -0.3 is 19.7 Å². The number of rotatable bonds is 8. The first-order valence-electron chi connectivity index (χ1n) is 9.61. The fraction of sp³-hybridized carbons (Fsp3) is 0.364. The summed E-state index contributed by atoms with van der Waals surface area (Å²) >= 11 is 0. The number of aromatic nitrogens is 1. The van der Waals surface area contributed by atoms with Crippen molar-refractivity contribution in [1.82, 2.24) is 14.4 Å². The lowest BCUT2D eigenvalue weighted by Gasteiger charge is -2.27. The van der Waals surface area contributed by atoms with E-state index in [9.17, 15) is 9.59 Å². The summed E-state index contributed by atoms with van der Waals surface area (Å²) in [7, 11) is 1.98. The number of carbonyl (C=O) groups is 2. The number of nitrogens with one attached hydrogen (secondary N) is 1. The summed E-state index contributed by atoms with van der Waals surface area (Å²) in [5, 5.41) is 2.88. The normalized spacial score (nSPS) is 13.1. The number of aryl methyl sites for hydroxylation is 2. The Morgan fingerprint density at radius 1 is 1.29 bits per heavy atom. The Hall–Kier alpha value is -3.02. The van der Waals surface area contributed by atoms with Gasteiger partial charge in [-0.2, -0.15) is 0 Å². The van der Waals surface area contributed by atoms with Gasteiger partial charge in [0.1, 0.15) is 6.54 Å². The molecule has 1 fully saturated rings. The number of nitrogens with zero attached hydrogens (tertiary/aromatic N) is 3. The number of benzene rings is 1. The number of anilines is 1. The van der Waals surface area contributed by atoms with E-state index in [1.54, 1.807) is 6.08 Å². The lowest BCUT2D eigenvalue weighted by atomic mass is 10.2. The molecule has 0 saturated heterocycles. The number of urea groups is 1. The molecule has 3 amide bonds. The zero-order valence-corrected chi connectivity index (χ0v) is 16.6. The van der Waals surface area contributed by atoms with Gasteiger partial charge in [0.05, 0.1) is 6.54 Å². The van der Waals surface area contributed by atoms with Gasteiger partial charge in [0.2, 0.25) is 5.91 Å². The predicted octanol–water partition coefficient (Wildman–Crippen LogP) is 3.54. The maximum absolute atomic E-state index is 13.0. The van der Waals surface area contributed by atoms with Crippen LogP contribution in [0.5, 0.6) is 0 Å². The van der Waals surface area contributed by atoms with Gasteiger partial charge in [0, 0.05) is 37.2 Å². The van der Waals surface area contributed by atoms with Gasteiger partial charge in [-0.25, -0.2) is 4.79 Å². The van der Waals surface area contributed by atoms with Crippen LogP contribution in [-0.2, 0) is 18.4 Å². The van der Waals surface area contributed by atoms with Gasteiger partial charge in [-0.1, -0.05) is 18.2 Å². The van der Waals surface area contributed by atoms with Crippen LogP contribution in [0.1, 0.15) is 24.1 Å². The Balaban J connectivity index is 1.67. The quantitative estimate of drug-likeness (QED) is 0.712. The van der Waals surface area contributed by atoms with Crippen LogP contribution in [0.2, 0.25) is 0 Å². The van der Waals surface area contributed by atoms with Crippen LogP contribution >= 0.6 is 0 Å². The van der Waals surface area contributed by atoms with Gasteiger partial charge in [0.25, 0.3) is 0 Å². The molecular formula is C22H28N4O2. The fourth-order valence-electron chi connectivity index (χ4n) is 3.20. The summed E-state index contributed by atoms with van der Waals surface area (Å²) in [5.41, 5.74) is 2.86. The zero-order valence-electron chi connectivity index (χ0n) is 16.6. The third kappa shape index (κ3) is 5.03. The highest BCUT2D eigenvalue weighted by molar-refractivity contribution is 5.92. The second kappa shape index (κ2) is 8.78. The Morgan fingerprint density at radius 3 is 2.68 bits per heavy atom. The largest absolute Gasteiger partial charge is 0.353 e. The summed E-state index contributed by atoms with van der Waals surface area (Å²) < 4.78 is 2.02. The maximum atomic E-state index is 13.0. The molecule has 1 saturated carbocycles. The molecule has 6 heteroatoms. The second-order valence-electron chi connectivity index (χ2n) is 7.33. The van der Waals surface area contributed by atoms with E-state index < -0.39 is 0 Å². The van der Waals surface area contributed by atoms with Crippen LogP contribution in [0.4, 0.5) is 10.5 Å². The summed E-state index contributed by atoms with van der Waals surface area (Å²) in [6, 6.07) is 11.6. The van der Waals surface area contributed by atoms with Gasteiger partial charge in [-0.3, -0.25) is 4.79 Å². The number of carbonyl (C=O) groups excluding carboxylic acids is 2. The highest BCUT2D eigenvalue weighted by Gasteiger charge is 2.34. The Kier molecular flexibility index (Phi) is 6.19. The van der Waals surface area contributed by atoms with Crippen LogP contribution in [0.15, 0.2) is 55.3 Å². The van der Waals surface area contributed by atoms with Crippen LogP contribution in [0.25, 0.3) is 0 Å². The molecule has 1 aliphatic carbocycles. The van der Waals surface area contributed by atoms with Crippen molar-refractivity contribution in [2.24, 2.45) is 7.05 Å². The molecule has 1 heterocycles. The molecule has 0 aliphatic heterocycles. The van der Waals surface area contributed by atoms with E-state index in [2.05, 4.69) is 11.9 Å². The first kappa shape index (κ1) is 19.7. The van der Waals surface area contributed by atoms with Crippen molar-refractivity contribution >= 4 is 17.6 Å². The van der Waals surface area contributed by atoms with Crippen LogP contribution < -0.4 is 5.32 Å². The van der Waals surface area contributed by atoms with Crippen LogP contribution in [0, 0.1) is 6.92 Å². The van der Waals surface area contributed by atoms with E-state index in [-0.39, 0.29) is 24.5 Å². The molecule has 148 valence electrons. The Labute approximate surface area is 166 Å². The monoisotopic (exact) mass is 380 g/mol. The lowest BCUT2D eigenvalue weighted by molar-refractivity contribution is -0.133. The van der Waals surface area contributed by atoms with E-state index in [1.165, 1.54) is 4.90 Å². The molecule has 0 unspecified atom stereocenters. The van der Waals surface area contributed by atoms with Crippen molar-refractivity contribution in [3.8, 4) is 0 Å². The predicted molar refractivity (Wildman–Crippen MR) is 111 cm³/mol. The highest BCUT2D eigenvalue weighted by Crippen LogP contribution is 2.28. The minimum Gasteiger partial charge on any atom is -0.353 e. The Morgan fingerprint density at radius 2 is 2.07 bits per heavy atom. The molecule has 6 nitrogen and oxygen atoms in total. The zero-order chi connectivity index (χ0) is 20.1. The summed E-state index contributed by atoms with van der Waals surface area (Å²) in [5.74, 6) is -0.0371. The standard InChI is InChI=1S/C22H28N4O2/c1-4-12-25(22(28)23-18-8-5-7-17(2)14-18)16-21(27)26(19-10-11-19)15-20-9-6-13-24(20)3/h4-9,13-14,19H,1,10-12,15-16H2,2-3H3,(H,23,28). The fourth-order valence-corrected chi connectivity index (χ4v) is 3.20. The maximum Gasteiger partial charge on any atom is 0.322 e. The van der Waals surface area contributed by atoms with Crippen LogP contribution in [-0.4, -0.2) is 45.4 Å².